The maximum atomic E-state index is 13.2. The predicted octanol–water partition coefficient (Wildman–Crippen LogP) is 6.75. The number of aliphatic carboxylic acids is 1. The lowest BCUT2D eigenvalue weighted by atomic mass is 9.98. The molecule has 0 spiro atoms. The summed E-state index contributed by atoms with van der Waals surface area (Å²) in [6, 6.07) is 11.8. The maximum absolute atomic E-state index is 13.2. The lowest BCUT2D eigenvalue weighted by molar-refractivity contribution is -0.274. The van der Waals surface area contributed by atoms with E-state index >= 15 is 0 Å². The van der Waals surface area contributed by atoms with E-state index in [9.17, 15) is 27.9 Å². The first-order chi connectivity index (χ1) is 19.1. The van der Waals surface area contributed by atoms with Crippen LogP contribution < -0.4 is 14.8 Å². The normalized spacial score (nSPS) is 12.2. The molecule has 40 heavy (non-hydrogen) atoms. The molecule has 0 aromatic heterocycles. The Morgan fingerprint density at radius 2 is 1.65 bits per heavy atom. The molecule has 2 aromatic carbocycles. The average molecular weight is 569 g/mol. The minimum absolute atomic E-state index is 0.0828. The average Bonchev–Trinajstić information content (AvgIpc) is 2.89. The standard InChI is InChI=1S/C29H39F3N2O6/c1-4-9-22(10-5-2)20-34(28(37)33-24-11-7-8-12-25(24)40-29(30,31)32)17-18-39-23-15-13-21(14-16-23)19-26(27(35)36)38-6-3/h7-8,11-16,22,26H,4-6,9-10,17-20H2,1-3H3,(H,33,37)(H,35,36). The largest absolute Gasteiger partial charge is 0.573 e. The molecule has 2 N–H and O–H groups in total. The van der Waals surface area contributed by atoms with Crippen LogP contribution in [0.5, 0.6) is 11.5 Å². The van der Waals surface area contributed by atoms with E-state index in [2.05, 4.69) is 23.9 Å². The summed E-state index contributed by atoms with van der Waals surface area (Å²) in [5.74, 6) is -0.755. The number of nitrogens with zero attached hydrogens (tertiary/aromatic N) is 1. The third kappa shape index (κ3) is 11.7. The number of carbonyl (C=O) groups excluding carboxylic acids is 1. The number of carboxylic acids is 1. The lowest BCUT2D eigenvalue weighted by Crippen LogP contribution is -2.41. The SMILES string of the molecule is CCCC(CCC)CN(CCOc1ccc(CC(OCC)C(=O)O)cc1)C(=O)Nc1ccccc1OC(F)(F)F. The summed E-state index contributed by atoms with van der Waals surface area (Å²) in [6.45, 7) is 6.93. The van der Waals surface area contributed by atoms with E-state index in [1.165, 1.54) is 18.2 Å². The number of hydrogen-bond donors (Lipinski definition) is 2. The molecule has 2 amide bonds. The number of urea groups is 1. The van der Waals surface area contributed by atoms with E-state index in [-0.39, 0.29) is 31.2 Å². The highest BCUT2D eigenvalue weighted by Crippen LogP contribution is 2.30. The molecule has 1 unspecified atom stereocenters. The van der Waals surface area contributed by atoms with E-state index in [0.29, 0.717) is 18.9 Å². The van der Waals surface area contributed by atoms with Gasteiger partial charge in [-0.05, 0) is 55.5 Å². The van der Waals surface area contributed by atoms with Crippen LogP contribution in [0.3, 0.4) is 0 Å². The van der Waals surface area contributed by atoms with Crippen molar-refractivity contribution in [3.63, 3.8) is 0 Å². The van der Waals surface area contributed by atoms with Gasteiger partial charge in [0.2, 0.25) is 0 Å². The number of anilines is 1. The summed E-state index contributed by atoms with van der Waals surface area (Å²) in [4.78, 5) is 26.1. The van der Waals surface area contributed by atoms with Gasteiger partial charge in [-0.1, -0.05) is 51.0 Å². The van der Waals surface area contributed by atoms with Gasteiger partial charge >= 0.3 is 18.4 Å². The Bertz CT molecular complexity index is 1040. The molecular weight excluding hydrogens is 529 g/mol. The van der Waals surface area contributed by atoms with Gasteiger partial charge in [0.05, 0.1) is 12.2 Å². The second kappa shape index (κ2) is 16.6. The number of ether oxygens (including phenoxy) is 3. The number of rotatable bonds is 17. The fourth-order valence-corrected chi connectivity index (χ4v) is 4.34. The van der Waals surface area contributed by atoms with Gasteiger partial charge in [0, 0.05) is 19.6 Å². The summed E-state index contributed by atoms with van der Waals surface area (Å²) < 4.78 is 53.7. The summed E-state index contributed by atoms with van der Waals surface area (Å²) in [5.41, 5.74) is 0.691. The highest BCUT2D eigenvalue weighted by molar-refractivity contribution is 5.91. The van der Waals surface area contributed by atoms with Gasteiger partial charge in [-0.15, -0.1) is 13.2 Å². The molecule has 2 rings (SSSR count). The monoisotopic (exact) mass is 568 g/mol. The molecule has 0 fully saturated rings. The van der Waals surface area contributed by atoms with Crippen molar-refractivity contribution in [2.45, 2.75) is 65.3 Å². The first-order valence-corrected chi connectivity index (χ1v) is 13.5. The van der Waals surface area contributed by atoms with Crippen LogP contribution in [0.2, 0.25) is 0 Å². The summed E-state index contributed by atoms with van der Waals surface area (Å²) in [5, 5.41) is 11.8. The van der Waals surface area contributed by atoms with Crippen LogP contribution >= 0.6 is 0 Å². The number of carboxylic acid groups (broad SMARTS) is 1. The Balaban J connectivity index is 2.09. The van der Waals surface area contributed by atoms with E-state index < -0.39 is 30.2 Å². The second-order valence-corrected chi connectivity index (χ2v) is 9.34. The van der Waals surface area contributed by atoms with Crippen molar-refractivity contribution in [2.24, 2.45) is 5.92 Å². The van der Waals surface area contributed by atoms with Crippen molar-refractivity contribution in [3.05, 3.63) is 54.1 Å². The van der Waals surface area contributed by atoms with Crippen LogP contribution in [0.4, 0.5) is 23.7 Å². The van der Waals surface area contributed by atoms with Gasteiger partial charge in [-0.3, -0.25) is 0 Å². The number of para-hydroxylation sites is 2. The lowest BCUT2D eigenvalue weighted by Gasteiger charge is -2.28. The number of carbonyl (C=O) groups is 2. The Hall–Kier alpha value is -3.47. The third-order valence-corrected chi connectivity index (χ3v) is 6.13. The topological polar surface area (TPSA) is 97.3 Å². The summed E-state index contributed by atoms with van der Waals surface area (Å²) in [7, 11) is 0. The molecule has 0 heterocycles. The van der Waals surface area contributed by atoms with E-state index in [0.717, 1.165) is 37.3 Å². The number of nitrogens with one attached hydrogen (secondary N) is 1. The van der Waals surface area contributed by atoms with E-state index in [1.54, 1.807) is 36.1 Å². The van der Waals surface area contributed by atoms with Crippen molar-refractivity contribution in [1.82, 2.24) is 4.90 Å². The van der Waals surface area contributed by atoms with Gasteiger partial charge in [-0.25, -0.2) is 9.59 Å². The zero-order valence-electron chi connectivity index (χ0n) is 23.2. The van der Waals surface area contributed by atoms with E-state index in [4.69, 9.17) is 9.47 Å². The molecule has 0 aliphatic heterocycles. The number of hydrogen-bond acceptors (Lipinski definition) is 5. The number of alkyl halides is 3. The zero-order valence-corrected chi connectivity index (χ0v) is 23.2. The van der Waals surface area contributed by atoms with Gasteiger partial charge in [-0.2, -0.15) is 0 Å². The van der Waals surface area contributed by atoms with Crippen LogP contribution in [-0.2, 0) is 16.0 Å². The summed E-state index contributed by atoms with van der Waals surface area (Å²) in [6.07, 6.45) is -1.91. The molecule has 0 aliphatic carbocycles. The first-order valence-electron chi connectivity index (χ1n) is 13.5. The minimum atomic E-state index is -4.89. The highest BCUT2D eigenvalue weighted by atomic mass is 19.4. The highest BCUT2D eigenvalue weighted by Gasteiger charge is 2.32. The van der Waals surface area contributed by atoms with Crippen molar-refractivity contribution >= 4 is 17.7 Å². The maximum Gasteiger partial charge on any atom is 0.573 e. The minimum Gasteiger partial charge on any atom is -0.492 e. The molecule has 0 radical (unpaired) electrons. The van der Waals surface area contributed by atoms with Crippen LogP contribution in [-0.4, -0.2) is 60.8 Å². The number of halogens is 3. The molecule has 1 atom stereocenters. The molecule has 8 nitrogen and oxygen atoms in total. The first kappa shape index (κ1) is 32.7. The molecule has 11 heteroatoms. The Labute approximate surface area is 233 Å². The molecule has 222 valence electrons. The zero-order chi connectivity index (χ0) is 29.5. The smallest absolute Gasteiger partial charge is 0.492 e. The fraction of sp³-hybridized carbons (Fsp3) is 0.517. The van der Waals surface area contributed by atoms with Crippen LogP contribution in [0.25, 0.3) is 0 Å². The molecular formula is C29H39F3N2O6. The van der Waals surface area contributed by atoms with Crippen LogP contribution in [0.15, 0.2) is 48.5 Å². The van der Waals surface area contributed by atoms with Gasteiger partial charge in [0.15, 0.2) is 11.9 Å². The van der Waals surface area contributed by atoms with Crippen LogP contribution in [0.1, 0.15) is 52.0 Å². The quantitative estimate of drug-likeness (QED) is 0.219. The predicted molar refractivity (Wildman–Crippen MR) is 146 cm³/mol. The molecule has 0 saturated carbocycles. The Morgan fingerprint density at radius 1 is 1.00 bits per heavy atom. The van der Waals surface area contributed by atoms with Gasteiger partial charge in [0.1, 0.15) is 12.4 Å². The van der Waals surface area contributed by atoms with E-state index in [1.807, 2.05) is 0 Å². The fourth-order valence-electron chi connectivity index (χ4n) is 4.34. The van der Waals surface area contributed by atoms with Crippen molar-refractivity contribution in [3.8, 4) is 11.5 Å². The third-order valence-electron chi connectivity index (χ3n) is 6.13. The number of amides is 2. The van der Waals surface area contributed by atoms with Crippen molar-refractivity contribution in [1.29, 1.82) is 0 Å². The van der Waals surface area contributed by atoms with Gasteiger partial charge < -0.3 is 29.5 Å². The molecule has 2 aromatic rings. The second-order valence-electron chi connectivity index (χ2n) is 9.34. The van der Waals surface area contributed by atoms with Gasteiger partial charge in [0.25, 0.3) is 0 Å². The van der Waals surface area contributed by atoms with Crippen molar-refractivity contribution < 1.29 is 42.1 Å². The van der Waals surface area contributed by atoms with Crippen LogP contribution in [0, 0.1) is 5.92 Å². The number of benzene rings is 2. The summed E-state index contributed by atoms with van der Waals surface area (Å²) >= 11 is 0. The Kier molecular flexibility index (Phi) is 13.6. The molecule has 0 bridgehead atoms. The van der Waals surface area contributed by atoms with Crippen molar-refractivity contribution in [2.75, 3.05) is 31.6 Å². The molecule has 0 saturated heterocycles. The molecule has 0 aliphatic rings. The Morgan fingerprint density at radius 3 is 2.23 bits per heavy atom.